The Balaban J connectivity index is 1.80. The molecule has 0 N–H and O–H groups in total. The fourth-order valence-corrected chi connectivity index (χ4v) is 2.50. The molecule has 1 aromatic carbocycles. The van der Waals surface area contributed by atoms with Gasteiger partial charge in [-0.25, -0.2) is 4.39 Å². The highest BCUT2D eigenvalue weighted by Crippen LogP contribution is 2.30. The fourth-order valence-electron chi connectivity index (χ4n) is 2.50. The lowest BCUT2D eigenvalue weighted by Gasteiger charge is -2.22. The van der Waals surface area contributed by atoms with Gasteiger partial charge in [0.05, 0.1) is 11.6 Å². The highest BCUT2D eigenvalue weighted by Gasteiger charge is 2.29. The minimum Gasteiger partial charge on any atom is -0.292 e. The molecule has 0 atom stereocenters. The Morgan fingerprint density at radius 2 is 1.95 bits per heavy atom. The molecule has 1 heterocycles. The molecule has 3 rings (SSSR count). The first-order valence-corrected chi connectivity index (χ1v) is 7.08. The Morgan fingerprint density at radius 1 is 1.19 bits per heavy atom. The molecule has 0 aliphatic heterocycles. The van der Waals surface area contributed by atoms with Crippen molar-refractivity contribution in [1.82, 2.24) is 9.88 Å². The van der Waals surface area contributed by atoms with E-state index in [1.165, 1.54) is 30.5 Å². The van der Waals surface area contributed by atoms with E-state index in [0.29, 0.717) is 18.2 Å². The van der Waals surface area contributed by atoms with Crippen LogP contribution < -0.4 is 0 Å². The maximum atomic E-state index is 13.4. The van der Waals surface area contributed by atoms with Gasteiger partial charge in [-0.2, -0.15) is 5.26 Å². The van der Waals surface area contributed by atoms with Crippen molar-refractivity contribution in [3.05, 3.63) is 65.2 Å². The van der Waals surface area contributed by atoms with Gasteiger partial charge in [-0.3, -0.25) is 9.88 Å². The third-order valence-corrected chi connectivity index (χ3v) is 3.76. The van der Waals surface area contributed by atoms with Gasteiger partial charge in [0.2, 0.25) is 0 Å². The summed E-state index contributed by atoms with van der Waals surface area (Å²) in [6.45, 7) is 1.40. The summed E-state index contributed by atoms with van der Waals surface area (Å²) in [5.41, 5.74) is 2.50. The summed E-state index contributed by atoms with van der Waals surface area (Å²) in [6.07, 6.45) is 5.90. The van der Waals surface area contributed by atoms with Crippen LogP contribution in [0.15, 0.2) is 42.7 Å². The van der Waals surface area contributed by atoms with Crippen molar-refractivity contribution in [3.8, 4) is 6.07 Å². The summed E-state index contributed by atoms with van der Waals surface area (Å²) in [4.78, 5) is 6.34. The molecule has 21 heavy (non-hydrogen) atoms. The van der Waals surface area contributed by atoms with Crippen molar-refractivity contribution >= 4 is 0 Å². The molecule has 0 amide bonds. The zero-order valence-corrected chi connectivity index (χ0v) is 11.7. The second kappa shape index (κ2) is 6.02. The van der Waals surface area contributed by atoms with Crippen LogP contribution in [0.4, 0.5) is 4.39 Å². The fraction of sp³-hybridized carbons (Fsp3) is 0.294. The molecule has 2 aromatic rings. The SMILES string of the molecule is N#Cc1ccc(F)cc1CN(Cc1ccncc1)C1CC1. The lowest BCUT2D eigenvalue weighted by atomic mass is 10.1. The van der Waals surface area contributed by atoms with Gasteiger partial charge in [-0.15, -0.1) is 0 Å². The monoisotopic (exact) mass is 281 g/mol. The Bertz CT molecular complexity index is 659. The van der Waals surface area contributed by atoms with Gasteiger partial charge in [-0.1, -0.05) is 0 Å². The molecule has 1 fully saturated rings. The quantitative estimate of drug-likeness (QED) is 0.844. The Hall–Kier alpha value is -2.25. The zero-order chi connectivity index (χ0) is 14.7. The smallest absolute Gasteiger partial charge is 0.123 e. The highest BCUT2D eigenvalue weighted by atomic mass is 19.1. The van der Waals surface area contributed by atoms with Crippen LogP contribution in [-0.4, -0.2) is 15.9 Å². The summed E-state index contributed by atoms with van der Waals surface area (Å²) in [6, 6.07) is 11.0. The van der Waals surface area contributed by atoms with Crippen LogP contribution in [0.1, 0.15) is 29.5 Å². The van der Waals surface area contributed by atoms with Crippen LogP contribution in [-0.2, 0) is 13.1 Å². The number of rotatable bonds is 5. The normalized spacial score (nSPS) is 14.1. The number of hydrogen-bond acceptors (Lipinski definition) is 3. The molecule has 1 aromatic heterocycles. The van der Waals surface area contributed by atoms with E-state index >= 15 is 0 Å². The highest BCUT2D eigenvalue weighted by molar-refractivity contribution is 5.38. The van der Waals surface area contributed by atoms with Gasteiger partial charge in [0.25, 0.3) is 0 Å². The number of aromatic nitrogens is 1. The van der Waals surface area contributed by atoms with E-state index in [0.717, 1.165) is 12.1 Å². The van der Waals surface area contributed by atoms with Crippen LogP contribution in [0, 0.1) is 17.1 Å². The molecule has 0 unspecified atom stereocenters. The van der Waals surface area contributed by atoms with Crippen molar-refractivity contribution in [2.24, 2.45) is 0 Å². The largest absolute Gasteiger partial charge is 0.292 e. The lowest BCUT2D eigenvalue weighted by molar-refractivity contribution is 0.245. The average molecular weight is 281 g/mol. The van der Waals surface area contributed by atoms with E-state index in [9.17, 15) is 4.39 Å². The van der Waals surface area contributed by atoms with Crippen LogP contribution in [0.2, 0.25) is 0 Å². The Morgan fingerprint density at radius 3 is 2.62 bits per heavy atom. The van der Waals surface area contributed by atoms with Crippen molar-refractivity contribution in [2.45, 2.75) is 32.0 Å². The van der Waals surface area contributed by atoms with Crippen molar-refractivity contribution in [1.29, 1.82) is 5.26 Å². The van der Waals surface area contributed by atoms with Gasteiger partial charge in [0.15, 0.2) is 0 Å². The average Bonchev–Trinajstić information content (AvgIpc) is 3.33. The minimum atomic E-state index is -0.288. The predicted molar refractivity (Wildman–Crippen MR) is 77.6 cm³/mol. The topological polar surface area (TPSA) is 39.9 Å². The van der Waals surface area contributed by atoms with E-state index in [1.807, 2.05) is 12.1 Å². The molecule has 106 valence electrons. The van der Waals surface area contributed by atoms with E-state index in [4.69, 9.17) is 5.26 Å². The Kier molecular flexibility index (Phi) is 3.94. The first-order chi connectivity index (χ1) is 10.3. The third-order valence-electron chi connectivity index (χ3n) is 3.76. The standard InChI is InChI=1S/C17H16FN3/c18-16-2-1-14(10-19)15(9-16)12-21(17-3-4-17)11-13-5-7-20-8-6-13/h1-2,5-9,17H,3-4,11-12H2. The second-order valence-electron chi connectivity index (χ2n) is 5.40. The summed E-state index contributed by atoms with van der Waals surface area (Å²) >= 11 is 0. The van der Waals surface area contributed by atoms with E-state index < -0.39 is 0 Å². The predicted octanol–water partition coefficient (Wildman–Crippen LogP) is 3.26. The molecule has 1 saturated carbocycles. The third kappa shape index (κ3) is 3.45. The molecule has 4 heteroatoms. The maximum Gasteiger partial charge on any atom is 0.123 e. The van der Waals surface area contributed by atoms with E-state index in [-0.39, 0.29) is 5.82 Å². The molecule has 1 aliphatic rings. The van der Waals surface area contributed by atoms with E-state index in [2.05, 4.69) is 16.0 Å². The first-order valence-electron chi connectivity index (χ1n) is 7.08. The first kappa shape index (κ1) is 13.7. The van der Waals surface area contributed by atoms with Crippen molar-refractivity contribution in [3.63, 3.8) is 0 Å². The summed E-state index contributed by atoms with van der Waals surface area (Å²) in [5, 5.41) is 9.17. The minimum absolute atomic E-state index is 0.288. The maximum absolute atomic E-state index is 13.4. The molecule has 3 nitrogen and oxygen atoms in total. The van der Waals surface area contributed by atoms with Gasteiger partial charge < -0.3 is 0 Å². The van der Waals surface area contributed by atoms with Crippen LogP contribution in [0.5, 0.6) is 0 Å². The summed E-state index contributed by atoms with van der Waals surface area (Å²) in [5.74, 6) is -0.288. The van der Waals surface area contributed by atoms with Crippen LogP contribution in [0.3, 0.4) is 0 Å². The number of benzene rings is 1. The summed E-state index contributed by atoms with van der Waals surface area (Å²) in [7, 11) is 0. The summed E-state index contributed by atoms with van der Waals surface area (Å²) < 4.78 is 13.4. The zero-order valence-electron chi connectivity index (χ0n) is 11.7. The van der Waals surface area contributed by atoms with Gasteiger partial charge in [0, 0.05) is 31.5 Å². The number of hydrogen-bond donors (Lipinski definition) is 0. The second-order valence-corrected chi connectivity index (χ2v) is 5.40. The molecule has 0 spiro atoms. The molecular formula is C17H16FN3. The molecular weight excluding hydrogens is 265 g/mol. The van der Waals surface area contributed by atoms with Crippen LogP contribution in [0.25, 0.3) is 0 Å². The number of nitrogens with zero attached hydrogens (tertiary/aromatic N) is 3. The van der Waals surface area contributed by atoms with Crippen LogP contribution >= 0.6 is 0 Å². The van der Waals surface area contributed by atoms with Crippen molar-refractivity contribution < 1.29 is 4.39 Å². The van der Waals surface area contributed by atoms with Gasteiger partial charge in [0.1, 0.15) is 5.82 Å². The Labute approximate surface area is 123 Å². The van der Waals surface area contributed by atoms with Gasteiger partial charge in [-0.05, 0) is 54.3 Å². The number of halogens is 1. The van der Waals surface area contributed by atoms with Gasteiger partial charge >= 0.3 is 0 Å². The number of nitriles is 1. The molecule has 1 aliphatic carbocycles. The lowest BCUT2D eigenvalue weighted by Crippen LogP contribution is -2.25. The molecule has 0 radical (unpaired) electrons. The molecule has 0 bridgehead atoms. The molecule has 0 saturated heterocycles. The number of pyridine rings is 1. The van der Waals surface area contributed by atoms with Crippen molar-refractivity contribution in [2.75, 3.05) is 0 Å². The van der Waals surface area contributed by atoms with E-state index in [1.54, 1.807) is 18.5 Å².